The van der Waals surface area contributed by atoms with Crippen molar-refractivity contribution in [3.63, 3.8) is 0 Å². The summed E-state index contributed by atoms with van der Waals surface area (Å²) in [5.41, 5.74) is 4.06. The summed E-state index contributed by atoms with van der Waals surface area (Å²) in [5, 5.41) is 6.13. The SMILES string of the molecule is COc1ccc(NC(=O)c2ccc(Nc3ccnc(-c4cccc(C)c4)n3)cc2)cc1OC. The van der Waals surface area contributed by atoms with Gasteiger partial charge in [-0.25, -0.2) is 9.97 Å². The van der Waals surface area contributed by atoms with Crippen molar-refractivity contribution in [3.05, 3.63) is 90.1 Å². The summed E-state index contributed by atoms with van der Waals surface area (Å²) in [5.74, 6) is 2.24. The average Bonchev–Trinajstić information content (AvgIpc) is 2.84. The molecule has 0 atom stereocenters. The van der Waals surface area contributed by atoms with Gasteiger partial charge in [-0.05, 0) is 55.5 Å². The summed E-state index contributed by atoms with van der Waals surface area (Å²) >= 11 is 0. The van der Waals surface area contributed by atoms with Crippen molar-refractivity contribution in [2.45, 2.75) is 6.92 Å². The maximum Gasteiger partial charge on any atom is 0.255 e. The summed E-state index contributed by atoms with van der Waals surface area (Å²) < 4.78 is 10.5. The van der Waals surface area contributed by atoms with Crippen molar-refractivity contribution in [1.29, 1.82) is 0 Å². The number of benzene rings is 3. The third-order valence-electron chi connectivity index (χ3n) is 4.99. The number of aryl methyl sites for hydroxylation is 1. The van der Waals surface area contributed by atoms with Gasteiger partial charge in [-0.1, -0.05) is 23.8 Å². The van der Waals surface area contributed by atoms with Crippen LogP contribution in [0, 0.1) is 6.92 Å². The monoisotopic (exact) mass is 440 g/mol. The van der Waals surface area contributed by atoms with Gasteiger partial charge in [0.1, 0.15) is 5.82 Å². The van der Waals surface area contributed by atoms with Crippen molar-refractivity contribution < 1.29 is 14.3 Å². The Hall–Kier alpha value is -4.39. The second-order valence-electron chi connectivity index (χ2n) is 7.36. The Morgan fingerprint density at radius 2 is 1.61 bits per heavy atom. The van der Waals surface area contributed by atoms with Crippen LogP contribution in [0.25, 0.3) is 11.4 Å². The zero-order valence-corrected chi connectivity index (χ0v) is 18.6. The molecule has 33 heavy (non-hydrogen) atoms. The molecule has 4 aromatic rings. The van der Waals surface area contributed by atoms with Crippen molar-refractivity contribution in [2.24, 2.45) is 0 Å². The molecule has 0 saturated carbocycles. The normalized spacial score (nSPS) is 10.4. The molecule has 1 amide bonds. The Kier molecular flexibility index (Phi) is 6.50. The number of rotatable bonds is 7. The lowest BCUT2D eigenvalue weighted by Gasteiger charge is -2.11. The molecule has 3 aromatic carbocycles. The standard InChI is InChI=1S/C26H24N4O3/c1-17-5-4-6-19(15-17)25-27-14-13-24(30-25)28-20-9-7-18(8-10-20)26(31)29-21-11-12-22(32-2)23(16-21)33-3/h4-16H,1-3H3,(H,29,31)(H,27,28,30). The number of nitrogens with zero attached hydrogens (tertiary/aromatic N) is 2. The fraction of sp³-hybridized carbons (Fsp3) is 0.115. The van der Waals surface area contributed by atoms with Gasteiger partial charge < -0.3 is 20.1 Å². The van der Waals surface area contributed by atoms with E-state index >= 15 is 0 Å². The second-order valence-corrected chi connectivity index (χ2v) is 7.36. The average molecular weight is 441 g/mol. The number of ether oxygens (including phenoxy) is 2. The van der Waals surface area contributed by atoms with Crippen molar-refractivity contribution in [1.82, 2.24) is 9.97 Å². The van der Waals surface area contributed by atoms with Gasteiger partial charge in [0.15, 0.2) is 17.3 Å². The molecule has 0 aliphatic rings. The van der Waals surface area contributed by atoms with E-state index in [1.807, 2.05) is 43.3 Å². The van der Waals surface area contributed by atoms with E-state index in [1.54, 1.807) is 56.8 Å². The number of carbonyl (C=O) groups excluding carboxylic acids is 1. The van der Waals surface area contributed by atoms with E-state index in [-0.39, 0.29) is 5.91 Å². The molecule has 2 N–H and O–H groups in total. The van der Waals surface area contributed by atoms with Gasteiger partial charge in [-0.2, -0.15) is 0 Å². The van der Waals surface area contributed by atoms with Gasteiger partial charge in [0.2, 0.25) is 0 Å². The van der Waals surface area contributed by atoms with E-state index in [0.717, 1.165) is 16.8 Å². The van der Waals surface area contributed by atoms with Crippen molar-refractivity contribution in [2.75, 3.05) is 24.9 Å². The lowest BCUT2D eigenvalue weighted by atomic mass is 10.1. The topological polar surface area (TPSA) is 85.4 Å². The molecule has 166 valence electrons. The van der Waals surface area contributed by atoms with Crippen LogP contribution in [0.4, 0.5) is 17.2 Å². The molecule has 0 aliphatic heterocycles. The zero-order valence-electron chi connectivity index (χ0n) is 18.6. The van der Waals surface area contributed by atoms with Gasteiger partial charge in [-0.3, -0.25) is 4.79 Å². The van der Waals surface area contributed by atoms with E-state index in [1.165, 1.54) is 0 Å². The molecule has 0 unspecified atom stereocenters. The van der Waals surface area contributed by atoms with E-state index in [0.29, 0.717) is 34.4 Å². The highest BCUT2D eigenvalue weighted by molar-refractivity contribution is 6.04. The smallest absolute Gasteiger partial charge is 0.255 e. The number of anilines is 3. The van der Waals surface area contributed by atoms with Crippen molar-refractivity contribution >= 4 is 23.1 Å². The molecule has 1 aromatic heterocycles. The molecule has 4 rings (SSSR count). The number of hydrogen-bond donors (Lipinski definition) is 2. The maximum atomic E-state index is 12.6. The lowest BCUT2D eigenvalue weighted by Crippen LogP contribution is -2.12. The molecule has 0 radical (unpaired) electrons. The fourth-order valence-electron chi connectivity index (χ4n) is 3.32. The van der Waals surface area contributed by atoms with Crippen LogP contribution >= 0.6 is 0 Å². The number of methoxy groups -OCH3 is 2. The predicted octanol–water partition coefficient (Wildman–Crippen LogP) is 5.47. The van der Waals surface area contributed by atoms with E-state index in [4.69, 9.17) is 9.47 Å². The number of hydrogen-bond acceptors (Lipinski definition) is 6. The predicted molar refractivity (Wildman–Crippen MR) is 129 cm³/mol. The van der Waals surface area contributed by atoms with Gasteiger partial charge in [0.05, 0.1) is 14.2 Å². The van der Waals surface area contributed by atoms with Crippen LogP contribution in [0.2, 0.25) is 0 Å². The largest absolute Gasteiger partial charge is 0.493 e. The summed E-state index contributed by atoms with van der Waals surface area (Å²) in [6.45, 7) is 2.04. The Bertz CT molecular complexity index is 1270. The molecule has 0 saturated heterocycles. The summed E-state index contributed by atoms with van der Waals surface area (Å²) in [6.07, 6.45) is 1.72. The molecule has 0 fully saturated rings. The molecular weight excluding hydrogens is 416 g/mol. The molecule has 0 spiro atoms. The third-order valence-corrected chi connectivity index (χ3v) is 4.99. The number of carbonyl (C=O) groups is 1. The zero-order chi connectivity index (χ0) is 23.2. The number of aromatic nitrogens is 2. The fourth-order valence-corrected chi connectivity index (χ4v) is 3.32. The minimum atomic E-state index is -0.225. The van der Waals surface area contributed by atoms with E-state index in [2.05, 4.69) is 20.6 Å². The highest BCUT2D eigenvalue weighted by atomic mass is 16.5. The summed E-state index contributed by atoms with van der Waals surface area (Å²) in [7, 11) is 3.12. The quantitative estimate of drug-likeness (QED) is 0.397. The summed E-state index contributed by atoms with van der Waals surface area (Å²) in [6, 6.07) is 22.2. The lowest BCUT2D eigenvalue weighted by molar-refractivity contribution is 0.102. The van der Waals surface area contributed by atoms with Crippen LogP contribution in [0.15, 0.2) is 79.0 Å². The minimum absolute atomic E-state index is 0.225. The Labute approximate surface area is 192 Å². The first-order valence-corrected chi connectivity index (χ1v) is 10.4. The first kappa shape index (κ1) is 21.8. The summed E-state index contributed by atoms with van der Waals surface area (Å²) in [4.78, 5) is 21.6. The Morgan fingerprint density at radius 1 is 0.848 bits per heavy atom. The van der Waals surface area contributed by atoms with Gasteiger partial charge in [-0.15, -0.1) is 0 Å². The van der Waals surface area contributed by atoms with Crippen LogP contribution in [-0.4, -0.2) is 30.1 Å². The van der Waals surface area contributed by atoms with Crippen LogP contribution in [0.5, 0.6) is 11.5 Å². The van der Waals surface area contributed by atoms with Gasteiger partial charge in [0, 0.05) is 34.8 Å². The van der Waals surface area contributed by atoms with Crippen LogP contribution in [0.3, 0.4) is 0 Å². The van der Waals surface area contributed by atoms with E-state index in [9.17, 15) is 4.79 Å². The molecule has 7 nitrogen and oxygen atoms in total. The van der Waals surface area contributed by atoms with Crippen LogP contribution < -0.4 is 20.1 Å². The number of amides is 1. The number of nitrogens with one attached hydrogen (secondary N) is 2. The van der Waals surface area contributed by atoms with Crippen LogP contribution in [0.1, 0.15) is 15.9 Å². The van der Waals surface area contributed by atoms with Crippen LogP contribution in [-0.2, 0) is 0 Å². The Morgan fingerprint density at radius 3 is 2.33 bits per heavy atom. The molecule has 0 bridgehead atoms. The Balaban J connectivity index is 1.44. The molecule has 0 aliphatic carbocycles. The molecule has 1 heterocycles. The first-order chi connectivity index (χ1) is 16.1. The highest BCUT2D eigenvalue weighted by Gasteiger charge is 2.10. The highest BCUT2D eigenvalue weighted by Crippen LogP contribution is 2.30. The van der Waals surface area contributed by atoms with Gasteiger partial charge in [0.25, 0.3) is 5.91 Å². The first-order valence-electron chi connectivity index (χ1n) is 10.4. The molecular formula is C26H24N4O3. The van der Waals surface area contributed by atoms with Gasteiger partial charge >= 0.3 is 0 Å². The maximum absolute atomic E-state index is 12.6. The third kappa shape index (κ3) is 5.27. The molecule has 7 heteroatoms. The van der Waals surface area contributed by atoms with Crippen molar-refractivity contribution in [3.8, 4) is 22.9 Å². The minimum Gasteiger partial charge on any atom is -0.493 e. The van der Waals surface area contributed by atoms with E-state index < -0.39 is 0 Å². The second kappa shape index (κ2) is 9.82.